The van der Waals surface area contributed by atoms with Gasteiger partial charge in [0.15, 0.2) is 0 Å². The molecule has 0 aliphatic carbocycles. The third-order valence-corrected chi connectivity index (χ3v) is 3.93. The molecule has 15 heavy (non-hydrogen) atoms. The second kappa shape index (κ2) is 4.18. The molecule has 1 nitrogen and oxygen atoms in total. The zero-order valence-electron chi connectivity index (χ0n) is 9.71. The maximum Gasteiger partial charge on any atom is 0.0108 e. The molecule has 0 saturated carbocycles. The summed E-state index contributed by atoms with van der Waals surface area (Å²) in [6.45, 7) is 7.76. The average molecular weight is 221 g/mol. The topological polar surface area (TPSA) is 12.0 Å². The summed E-state index contributed by atoms with van der Waals surface area (Å²) in [5.74, 6) is 1.91. The van der Waals surface area contributed by atoms with E-state index in [9.17, 15) is 0 Å². The van der Waals surface area contributed by atoms with E-state index in [0.29, 0.717) is 5.92 Å². The van der Waals surface area contributed by atoms with Crippen LogP contribution in [0, 0.1) is 0 Å². The number of thioether (sulfide) groups is 1. The van der Waals surface area contributed by atoms with Gasteiger partial charge in [-0.05, 0) is 32.4 Å². The van der Waals surface area contributed by atoms with Gasteiger partial charge in [0.2, 0.25) is 0 Å². The first-order valence-corrected chi connectivity index (χ1v) is 6.51. The molecule has 0 aromatic heterocycles. The Morgan fingerprint density at radius 3 is 2.80 bits per heavy atom. The highest BCUT2D eigenvalue weighted by atomic mass is 32.2. The van der Waals surface area contributed by atoms with Crippen LogP contribution >= 0.6 is 11.8 Å². The molecular formula is C13H19NS. The summed E-state index contributed by atoms with van der Waals surface area (Å²) >= 11 is 1.99. The van der Waals surface area contributed by atoms with E-state index in [0.717, 1.165) is 6.54 Å². The van der Waals surface area contributed by atoms with E-state index < -0.39 is 0 Å². The first kappa shape index (κ1) is 11.0. The maximum atomic E-state index is 3.59. The van der Waals surface area contributed by atoms with E-state index in [1.165, 1.54) is 16.2 Å². The maximum absolute atomic E-state index is 3.59. The molecule has 0 saturated heterocycles. The Kier molecular flexibility index (Phi) is 3.08. The van der Waals surface area contributed by atoms with Gasteiger partial charge in [-0.15, -0.1) is 11.8 Å². The zero-order valence-corrected chi connectivity index (χ0v) is 10.5. The van der Waals surface area contributed by atoms with Gasteiger partial charge in [0.25, 0.3) is 0 Å². The Balaban J connectivity index is 2.02. The molecule has 1 atom stereocenters. The van der Waals surface area contributed by atoms with Crippen molar-refractivity contribution in [3.05, 3.63) is 29.8 Å². The minimum Gasteiger partial charge on any atom is -0.311 e. The molecule has 0 spiro atoms. The van der Waals surface area contributed by atoms with Crippen LogP contribution < -0.4 is 5.32 Å². The first-order valence-electron chi connectivity index (χ1n) is 5.53. The second-order valence-corrected chi connectivity index (χ2v) is 6.24. The minimum atomic E-state index is 0.224. The summed E-state index contributed by atoms with van der Waals surface area (Å²) < 4.78 is 0. The SMILES string of the molecule is CC(C)(C)NCC1CSc2ccccc21. The van der Waals surface area contributed by atoms with Gasteiger partial charge in [-0.1, -0.05) is 18.2 Å². The van der Waals surface area contributed by atoms with Crippen molar-refractivity contribution >= 4 is 11.8 Å². The van der Waals surface area contributed by atoms with Crippen LogP contribution in [-0.4, -0.2) is 17.8 Å². The summed E-state index contributed by atoms with van der Waals surface area (Å²) in [5.41, 5.74) is 1.75. The lowest BCUT2D eigenvalue weighted by molar-refractivity contribution is 0.414. The van der Waals surface area contributed by atoms with Crippen molar-refractivity contribution in [3.8, 4) is 0 Å². The monoisotopic (exact) mass is 221 g/mol. The van der Waals surface area contributed by atoms with Gasteiger partial charge in [-0.25, -0.2) is 0 Å². The van der Waals surface area contributed by atoms with Crippen LogP contribution in [0.5, 0.6) is 0 Å². The van der Waals surface area contributed by atoms with Crippen LogP contribution in [-0.2, 0) is 0 Å². The minimum absolute atomic E-state index is 0.224. The summed E-state index contributed by atoms with van der Waals surface area (Å²) in [5, 5.41) is 3.59. The van der Waals surface area contributed by atoms with Crippen molar-refractivity contribution in [2.45, 2.75) is 37.1 Å². The molecule has 2 rings (SSSR count). The number of fused-ring (bicyclic) bond motifs is 1. The third-order valence-electron chi connectivity index (χ3n) is 2.68. The van der Waals surface area contributed by atoms with Crippen LogP contribution in [0.15, 0.2) is 29.2 Å². The van der Waals surface area contributed by atoms with E-state index in [2.05, 4.69) is 50.4 Å². The lowest BCUT2D eigenvalue weighted by atomic mass is 10.00. The predicted octanol–water partition coefficient (Wildman–Crippen LogP) is 3.26. The molecule has 1 unspecified atom stereocenters. The smallest absolute Gasteiger partial charge is 0.0108 e. The van der Waals surface area contributed by atoms with Crippen LogP contribution in [0.3, 0.4) is 0 Å². The molecule has 1 N–H and O–H groups in total. The van der Waals surface area contributed by atoms with E-state index >= 15 is 0 Å². The molecule has 0 radical (unpaired) electrons. The van der Waals surface area contributed by atoms with Gasteiger partial charge >= 0.3 is 0 Å². The molecular weight excluding hydrogens is 202 g/mol. The average Bonchev–Trinajstić information content (AvgIpc) is 2.57. The Morgan fingerprint density at radius 1 is 1.33 bits per heavy atom. The number of benzene rings is 1. The highest BCUT2D eigenvalue weighted by Crippen LogP contribution is 2.38. The molecule has 2 heteroatoms. The molecule has 1 aliphatic rings. The Bertz CT molecular complexity index is 341. The molecule has 1 aromatic carbocycles. The van der Waals surface area contributed by atoms with Gasteiger partial charge in [0, 0.05) is 28.6 Å². The van der Waals surface area contributed by atoms with Crippen LogP contribution in [0.4, 0.5) is 0 Å². The molecule has 0 bridgehead atoms. The molecule has 1 aromatic rings. The van der Waals surface area contributed by atoms with Gasteiger partial charge < -0.3 is 5.32 Å². The second-order valence-electron chi connectivity index (χ2n) is 5.18. The molecule has 1 heterocycles. The van der Waals surface area contributed by atoms with Crippen molar-refractivity contribution in [2.24, 2.45) is 0 Å². The Hall–Kier alpha value is -0.470. The van der Waals surface area contributed by atoms with Gasteiger partial charge in [-0.2, -0.15) is 0 Å². The van der Waals surface area contributed by atoms with Gasteiger partial charge in [0.05, 0.1) is 0 Å². The molecule has 1 aliphatic heterocycles. The van der Waals surface area contributed by atoms with E-state index in [4.69, 9.17) is 0 Å². The Morgan fingerprint density at radius 2 is 2.07 bits per heavy atom. The zero-order chi connectivity index (χ0) is 10.9. The van der Waals surface area contributed by atoms with Crippen molar-refractivity contribution in [2.75, 3.05) is 12.3 Å². The van der Waals surface area contributed by atoms with E-state index in [1.54, 1.807) is 0 Å². The fraction of sp³-hybridized carbons (Fsp3) is 0.538. The summed E-state index contributed by atoms with van der Waals surface area (Å²) in [7, 11) is 0. The van der Waals surface area contributed by atoms with Crippen LogP contribution in [0.2, 0.25) is 0 Å². The summed E-state index contributed by atoms with van der Waals surface area (Å²) in [6, 6.07) is 8.78. The standard InChI is InChI=1S/C13H19NS/c1-13(2,3)14-8-10-9-15-12-7-5-4-6-11(10)12/h4-7,10,14H,8-9H2,1-3H3. The quantitative estimate of drug-likeness (QED) is 0.822. The fourth-order valence-electron chi connectivity index (χ4n) is 1.83. The summed E-state index contributed by atoms with van der Waals surface area (Å²) in [4.78, 5) is 1.47. The van der Waals surface area contributed by atoms with Gasteiger partial charge in [0.1, 0.15) is 0 Å². The van der Waals surface area contributed by atoms with E-state index in [1.807, 2.05) is 11.8 Å². The van der Waals surface area contributed by atoms with E-state index in [-0.39, 0.29) is 5.54 Å². The first-order chi connectivity index (χ1) is 7.06. The summed E-state index contributed by atoms with van der Waals surface area (Å²) in [6.07, 6.45) is 0. The number of nitrogens with one attached hydrogen (secondary N) is 1. The van der Waals surface area contributed by atoms with Crippen molar-refractivity contribution in [1.82, 2.24) is 5.32 Å². The van der Waals surface area contributed by atoms with Crippen LogP contribution in [0.1, 0.15) is 32.3 Å². The van der Waals surface area contributed by atoms with Crippen molar-refractivity contribution in [1.29, 1.82) is 0 Å². The normalized spacial score (nSPS) is 20.3. The highest BCUT2D eigenvalue weighted by Gasteiger charge is 2.23. The lowest BCUT2D eigenvalue weighted by Crippen LogP contribution is -2.38. The molecule has 82 valence electrons. The van der Waals surface area contributed by atoms with Crippen molar-refractivity contribution < 1.29 is 0 Å². The highest BCUT2D eigenvalue weighted by molar-refractivity contribution is 7.99. The Labute approximate surface area is 96.7 Å². The van der Waals surface area contributed by atoms with Crippen LogP contribution in [0.25, 0.3) is 0 Å². The molecule has 0 amide bonds. The lowest BCUT2D eigenvalue weighted by Gasteiger charge is -2.23. The largest absolute Gasteiger partial charge is 0.311 e. The number of hydrogen-bond acceptors (Lipinski definition) is 2. The fourth-order valence-corrected chi connectivity index (χ4v) is 3.08. The van der Waals surface area contributed by atoms with Crippen molar-refractivity contribution in [3.63, 3.8) is 0 Å². The molecule has 0 fully saturated rings. The number of hydrogen-bond donors (Lipinski definition) is 1. The predicted molar refractivity (Wildman–Crippen MR) is 67.7 cm³/mol. The third kappa shape index (κ3) is 2.76. The number of rotatable bonds is 2. The van der Waals surface area contributed by atoms with Gasteiger partial charge in [-0.3, -0.25) is 0 Å².